The van der Waals surface area contributed by atoms with E-state index in [1.54, 1.807) is 0 Å². The molecule has 0 bridgehead atoms. The maximum absolute atomic E-state index is 12.5. The van der Waals surface area contributed by atoms with Crippen LogP contribution in [0.1, 0.15) is 5.82 Å². The van der Waals surface area contributed by atoms with Crippen LogP contribution in [-0.4, -0.2) is 32.8 Å². The number of rotatable bonds is 3. The van der Waals surface area contributed by atoms with Crippen molar-refractivity contribution in [2.75, 3.05) is 7.11 Å². The summed E-state index contributed by atoms with van der Waals surface area (Å²) in [6.07, 6.45) is -3.26. The molecule has 9 heteroatoms. The topological polar surface area (TPSA) is 52.8 Å². The second-order valence-corrected chi connectivity index (χ2v) is 3.69. The first-order chi connectivity index (χ1) is 8.46. The lowest BCUT2D eigenvalue weighted by atomic mass is 10.5. The second kappa shape index (κ2) is 4.60. The maximum Gasteiger partial charge on any atom is 0.406 e. The van der Waals surface area contributed by atoms with E-state index in [1.165, 1.54) is 7.11 Å². The van der Waals surface area contributed by atoms with Crippen molar-refractivity contribution in [2.24, 2.45) is 0 Å². The average Bonchev–Trinajstić information content (AvgIpc) is 2.65. The van der Waals surface area contributed by atoms with E-state index in [0.29, 0.717) is 0 Å². The predicted octanol–water partition coefficient (Wildman–Crippen LogP) is 2.14. The van der Waals surface area contributed by atoms with Crippen LogP contribution in [0.15, 0.2) is 6.33 Å². The molecule has 0 aliphatic rings. The Hall–Kier alpha value is -1.57. The van der Waals surface area contributed by atoms with Gasteiger partial charge < -0.3 is 9.30 Å². The zero-order valence-corrected chi connectivity index (χ0v) is 9.96. The SMILES string of the molecule is COc1ncnc2c1nc(CCl)n2CC(F)(F)F. The molecule has 2 heterocycles. The van der Waals surface area contributed by atoms with Crippen molar-refractivity contribution in [3.8, 4) is 5.88 Å². The van der Waals surface area contributed by atoms with Crippen molar-refractivity contribution in [3.63, 3.8) is 0 Å². The fraction of sp³-hybridized carbons (Fsp3) is 0.444. The van der Waals surface area contributed by atoms with Crippen LogP contribution >= 0.6 is 11.6 Å². The van der Waals surface area contributed by atoms with Gasteiger partial charge in [-0.05, 0) is 0 Å². The van der Waals surface area contributed by atoms with Crippen LogP contribution in [0.2, 0.25) is 0 Å². The summed E-state index contributed by atoms with van der Waals surface area (Å²) in [5, 5.41) is 0. The number of nitrogens with zero attached hydrogens (tertiary/aromatic N) is 4. The van der Waals surface area contributed by atoms with Crippen LogP contribution < -0.4 is 4.74 Å². The van der Waals surface area contributed by atoms with E-state index >= 15 is 0 Å². The van der Waals surface area contributed by atoms with E-state index in [0.717, 1.165) is 10.9 Å². The van der Waals surface area contributed by atoms with E-state index in [-0.39, 0.29) is 28.7 Å². The zero-order valence-electron chi connectivity index (χ0n) is 9.20. The molecule has 2 aromatic heterocycles. The van der Waals surface area contributed by atoms with Crippen molar-refractivity contribution in [2.45, 2.75) is 18.6 Å². The Bertz CT molecular complexity index is 569. The van der Waals surface area contributed by atoms with Gasteiger partial charge >= 0.3 is 6.18 Å². The Kier molecular flexibility index (Phi) is 3.29. The predicted molar refractivity (Wildman–Crippen MR) is 57.5 cm³/mol. The summed E-state index contributed by atoms with van der Waals surface area (Å²) in [5.74, 6) is 0.0327. The second-order valence-electron chi connectivity index (χ2n) is 3.42. The molecule has 0 saturated carbocycles. The standard InChI is InChI=1S/C9H8ClF3N4O/c1-18-8-6-7(14-4-15-8)17(3-9(11,12)13)5(2-10)16-6/h4H,2-3H2,1H3. The lowest BCUT2D eigenvalue weighted by Crippen LogP contribution is -2.19. The largest absolute Gasteiger partial charge is 0.479 e. The third-order valence-corrected chi connectivity index (χ3v) is 2.47. The van der Waals surface area contributed by atoms with Crippen molar-refractivity contribution in [1.82, 2.24) is 19.5 Å². The number of aromatic nitrogens is 4. The summed E-state index contributed by atoms with van der Waals surface area (Å²) in [4.78, 5) is 11.5. The number of imidazole rings is 1. The molecule has 0 atom stereocenters. The van der Waals surface area contributed by atoms with Gasteiger partial charge in [0.05, 0.1) is 13.0 Å². The minimum absolute atomic E-state index is 0.0508. The molecule has 2 aromatic rings. The van der Waals surface area contributed by atoms with Gasteiger partial charge in [-0.3, -0.25) is 0 Å². The highest BCUT2D eigenvalue weighted by Gasteiger charge is 2.31. The Balaban J connectivity index is 2.63. The smallest absolute Gasteiger partial charge is 0.406 e. The fourth-order valence-corrected chi connectivity index (χ4v) is 1.76. The van der Waals surface area contributed by atoms with Gasteiger partial charge in [-0.2, -0.15) is 18.2 Å². The van der Waals surface area contributed by atoms with Gasteiger partial charge in [0, 0.05) is 0 Å². The molecule has 98 valence electrons. The number of alkyl halides is 4. The molecule has 0 saturated heterocycles. The molecule has 0 spiro atoms. The molecular formula is C9H8ClF3N4O. The quantitative estimate of drug-likeness (QED) is 0.808. The summed E-state index contributed by atoms with van der Waals surface area (Å²) in [7, 11) is 1.35. The summed E-state index contributed by atoms with van der Waals surface area (Å²) in [6, 6.07) is 0. The highest BCUT2D eigenvalue weighted by Crippen LogP contribution is 2.26. The monoisotopic (exact) mass is 280 g/mol. The molecule has 0 aliphatic heterocycles. The molecule has 0 aliphatic carbocycles. The first-order valence-corrected chi connectivity index (χ1v) is 5.36. The summed E-state index contributed by atoms with van der Waals surface area (Å²) < 4.78 is 43.3. The van der Waals surface area contributed by atoms with Gasteiger partial charge in [-0.25, -0.2) is 9.97 Å². The summed E-state index contributed by atoms with van der Waals surface area (Å²) in [5.41, 5.74) is 0.217. The van der Waals surface area contributed by atoms with Crippen LogP contribution in [0.25, 0.3) is 11.2 Å². The van der Waals surface area contributed by atoms with Crippen LogP contribution in [-0.2, 0) is 12.4 Å². The molecule has 18 heavy (non-hydrogen) atoms. The Morgan fingerprint density at radius 1 is 1.39 bits per heavy atom. The van der Waals surface area contributed by atoms with E-state index < -0.39 is 12.7 Å². The molecule has 0 fully saturated rings. The van der Waals surface area contributed by atoms with Crippen molar-refractivity contribution in [3.05, 3.63) is 12.2 Å². The van der Waals surface area contributed by atoms with E-state index in [4.69, 9.17) is 16.3 Å². The molecule has 2 rings (SSSR count). The van der Waals surface area contributed by atoms with E-state index in [1.807, 2.05) is 0 Å². The minimum atomic E-state index is -4.38. The minimum Gasteiger partial charge on any atom is -0.479 e. The van der Waals surface area contributed by atoms with E-state index in [2.05, 4.69) is 15.0 Å². The number of halogens is 4. The number of hydrogen-bond acceptors (Lipinski definition) is 4. The third kappa shape index (κ3) is 2.33. The van der Waals surface area contributed by atoms with Crippen LogP contribution in [0.5, 0.6) is 5.88 Å². The van der Waals surface area contributed by atoms with E-state index in [9.17, 15) is 13.2 Å². The highest BCUT2D eigenvalue weighted by molar-refractivity contribution is 6.16. The Labute approximate surface area is 105 Å². The molecular weight excluding hydrogens is 273 g/mol. The molecule has 0 radical (unpaired) electrons. The van der Waals surface area contributed by atoms with Crippen LogP contribution in [0.4, 0.5) is 13.2 Å². The van der Waals surface area contributed by atoms with Crippen LogP contribution in [0.3, 0.4) is 0 Å². The first kappa shape index (κ1) is 12.9. The lowest BCUT2D eigenvalue weighted by Gasteiger charge is -2.09. The molecule has 0 N–H and O–H groups in total. The average molecular weight is 281 g/mol. The third-order valence-electron chi connectivity index (χ3n) is 2.23. The Morgan fingerprint density at radius 3 is 2.67 bits per heavy atom. The molecule has 0 amide bonds. The molecule has 5 nitrogen and oxygen atoms in total. The van der Waals surface area contributed by atoms with Gasteiger partial charge in [-0.15, -0.1) is 11.6 Å². The van der Waals surface area contributed by atoms with Crippen LogP contribution in [0, 0.1) is 0 Å². The Morgan fingerprint density at radius 2 is 2.11 bits per heavy atom. The normalized spacial score (nSPS) is 12.1. The maximum atomic E-state index is 12.5. The number of methoxy groups -OCH3 is 1. The van der Waals surface area contributed by atoms with Crippen molar-refractivity contribution >= 4 is 22.8 Å². The van der Waals surface area contributed by atoms with Gasteiger partial charge in [0.1, 0.15) is 18.7 Å². The van der Waals surface area contributed by atoms with Gasteiger partial charge in [-0.1, -0.05) is 0 Å². The molecule has 0 aromatic carbocycles. The van der Waals surface area contributed by atoms with Crippen molar-refractivity contribution < 1.29 is 17.9 Å². The number of hydrogen-bond donors (Lipinski definition) is 0. The number of fused-ring (bicyclic) bond motifs is 1. The fourth-order valence-electron chi connectivity index (χ4n) is 1.56. The van der Waals surface area contributed by atoms with Gasteiger partial charge in [0.25, 0.3) is 0 Å². The number of ether oxygens (including phenoxy) is 1. The lowest BCUT2D eigenvalue weighted by molar-refractivity contribution is -0.140. The highest BCUT2D eigenvalue weighted by atomic mass is 35.5. The van der Waals surface area contributed by atoms with Gasteiger partial charge in [0.2, 0.25) is 5.88 Å². The first-order valence-electron chi connectivity index (χ1n) is 4.83. The summed E-state index contributed by atoms with van der Waals surface area (Å²) >= 11 is 5.59. The zero-order chi connectivity index (χ0) is 13.3. The molecule has 0 unspecified atom stereocenters. The van der Waals surface area contributed by atoms with Gasteiger partial charge in [0.15, 0.2) is 11.2 Å². The summed E-state index contributed by atoms with van der Waals surface area (Å²) in [6.45, 7) is -1.20. The van der Waals surface area contributed by atoms with Crippen molar-refractivity contribution in [1.29, 1.82) is 0 Å².